The predicted molar refractivity (Wildman–Crippen MR) is 57.2 cm³/mol. The van der Waals surface area contributed by atoms with Crippen molar-refractivity contribution in [1.29, 1.82) is 0 Å². The van der Waals surface area contributed by atoms with Crippen LogP contribution in [-0.4, -0.2) is 16.6 Å². The minimum Gasteiger partial charge on any atom is -0.355 e. The molecule has 0 bridgehead atoms. The Morgan fingerprint density at radius 3 is 2.67 bits per heavy atom. The van der Waals surface area contributed by atoms with Gasteiger partial charge >= 0.3 is 0 Å². The van der Waals surface area contributed by atoms with E-state index in [-0.39, 0.29) is 17.0 Å². The van der Waals surface area contributed by atoms with Gasteiger partial charge in [-0.2, -0.15) is 0 Å². The maximum atomic E-state index is 11.8. The Hall–Kier alpha value is -1.38. The van der Waals surface area contributed by atoms with E-state index in [1.165, 1.54) is 6.92 Å². The maximum absolute atomic E-state index is 11.8. The van der Waals surface area contributed by atoms with Crippen molar-refractivity contribution in [3.8, 4) is 0 Å². The molecule has 0 aromatic carbocycles. The lowest BCUT2D eigenvalue weighted by molar-refractivity contribution is 0.0911. The van der Waals surface area contributed by atoms with Crippen molar-refractivity contribution in [2.75, 3.05) is 0 Å². The Balaban J connectivity index is 2.47. The molecular formula is C12H15NO2. The molecule has 0 atom stereocenters. The van der Waals surface area contributed by atoms with Crippen LogP contribution in [0.4, 0.5) is 0 Å². The van der Waals surface area contributed by atoms with Gasteiger partial charge in [-0.3, -0.25) is 9.59 Å². The quantitative estimate of drug-likeness (QED) is 0.715. The van der Waals surface area contributed by atoms with Crippen LogP contribution < -0.4 is 0 Å². The van der Waals surface area contributed by atoms with Crippen molar-refractivity contribution in [2.45, 2.75) is 33.6 Å². The number of carbonyl (C=O) groups excluding carboxylic acids is 2. The summed E-state index contributed by atoms with van der Waals surface area (Å²) in [7, 11) is 0. The van der Waals surface area contributed by atoms with Gasteiger partial charge < -0.3 is 4.98 Å². The van der Waals surface area contributed by atoms with Crippen molar-refractivity contribution in [1.82, 2.24) is 4.98 Å². The van der Waals surface area contributed by atoms with Gasteiger partial charge in [0.15, 0.2) is 11.6 Å². The Bertz CT molecular complexity index is 440. The number of aromatic nitrogens is 1. The Morgan fingerprint density at radius 2 is 2.07 bits per heavy atom. The van der Waals surface area contributed by atoms with Crippen molar-refractivity contribution in [3.05, 3.63) is 23.0 Å². The number of aromatic amines is 1. The standard InChI is InChI=1S/C12H15NO2/c1-7(14)9-4-8-10(13-9)5-12(2,3)6-11(8)15/h4,13H,5-6H2,1-3H3. The molecule has 2 rings (SSSR count). The third-order valence-electron chi connectivity index (χ3n) is 2.87. The molecule has 1 heterocycles. The van der Waals surface area contributed by atoms with Crippen LogP contribution in [0.15, 0.2) is 6.07 Å². The van der Waals surface area contributed by atoms with Crippen molar-refractivity contribution in [3.63, 3.8) is 0 Å². The van der Waals surface area contributed by atoms with E-state index in [1.54, 1.807) is 6.07 Å². The molecule has 80 valence electrons. The fourth-order valence-corrected chi connectivity index (χ4v) is 2.15. The fourth-order valence-electron chi connectivity index (χ4n) is 2.15. The van der Waals surface area contributed by atoms with Crippen LogP contribution in [0.3, 0.4) is 0 Å². The van der Waals surface area contributed by atoms with E-state index in [0.717, 1.165) is 12.1 Å². The lowest BCUT2D eigenvalue weighted by atomic mass is 9.76. The minimum absolute atomic E-state index is 0.00297. The molecule has 0 spiro atoms. The van der Waals surface area contributed by atoms with Gasteiger partial charge in [0.05, 0.1) is 5.69 Å². The van der Waals surface area contributed by atoms with Crippen LogP contribution >= 0.6 is 0 Å². The normalized spacial score (nSPS) is 18.7. The number of hydrogen-bond donors (Lipinski definition) is 1. The number of rotatable bonds is 1. The topological polar surface area (TPSA) is 49.9 Å². The SMILES string of the molecule is CC(=O)c1cc2c([nH]1)CC(C)(C)CC2=O. The average molecular weight is 205 g/mol. The van der Waals surface area contributed by atoms with Gasteiger partial charge in [-0.15, -0.1) is 0 Å². The summed E-state index contributed by atoms with van der Waals surface area (Å²) in [6, 6.07) is 1.69. The number of nitrogens with one attached hydrogen (secondary N) is 1. The second-order valence-electron chi connectivity index (χ2n) is 5.07. The predicted octanol–water partition coefficient (Wildman–Crippen LogP) is 2.37. The molecule has 1 N–H and O–H groups in total. The number of ketones is 2. The lowest BCUT2D eigenvalue weighted by Gasteiger charge is -2.27. The highest BCUT2D eigenvalue weighted by atomic mass is 16.1. The highest BCUT2D eigenvalue weighted by molar-refractivity contribution is 6.02. The summed E-state index contributed by atoms with van der Waals surface area (Å²) in [5.41, 5.74) is 2.18. The lowest BCUT2D eigenvalue weighted by Crippen LogP contribution is -2.26. The van der Waals surface area contributed by atoms with Gasteiger partial charge in [0, 0.05) is 24.6 Å². The molecule has 0 radical (unpaired) electrons. The zero-order valence-electron chi connectivity index (χ0n) is 9.31. The third kappa shape index (κ3) is 1.74. The summed E-state index contributed by atoms with van der Waals surface area (Å²) in [6.45, 7) is 5.65. The van der Waals surface area contributed by atoms with E-state index in [2.05, 4.69) is 18.8 Å². The van der Waals surface area contributed by atoms with Crippen molar-refractivity contribution >= 4 is 11.6 Å². The summed E-state index contributed by atoms with van der Waals surface area (Å²) in [4.78, 5) is 26.0. The first-order chi connectivity index (χ1) is 6.89. The summed E-state index contributed by atoms with van der Waals surface area (Å²) in [5, 5.41) is 0. The number of carbonyl (C=O) groups is 2. The molecule has 1 aliphatic carbocycles. The zero-order valence-corrected chi connectivity index (χ0v) is 9.31. The highest BCUT2D eigenvalue weighted by Gasteiger charge is 2.32. The smallest absolute Gasteiger partial charge is 0.175 e. The molecule has 0 fully saturated rings. The zero-order chi connectivity index (χ0) is 11.2. The molecule has 3 nitrogen and oxygen atoms in total. The van der Waals surface area contributed by atoms with E-state index >= 15 is 0 Å². The van der Waals surface area contributed by atoms with E-state index in [4.69, 9.17) is 0 Å². The Labute approximate surface area is 88.9 Å². The largest absolute Gasteiger partial charge is 0.355 e. The molecule has 0 saturated carbocycles. The first kappa shape index (κ1) is 10.1. The molecule has 1 aliphatic rings. The number of Topliss-reactive ketones (excluding diaryl/α,β-unsaturated/α-hetero) is 2. The monoisotopic (exact) mass is 205 g/mol. The van der Waals surface area contributed by atoms with Gasteiger partial charge in [-0.25, -0.2) is 0 Å². The molecule has 3 heteroatoms. The second kappa shape index (κ2) is 3.05. The highest BCUT2D eigenvalue weighted by Crippen LogP contribution is 2.34. The summed E-state index contributed by atoms with van der Waals surface area (Å²) >= 11 is 0. The molecule has 1 aromatic heterocycles. The Morgan fingerprint density at radius 1 is 1.40 bits per heavy atom. The first-order valence-electron chi connectivity index (χ1n) is 5.15. The molecule has 15 heavy (non-hydrogen) atoms. The van der Waals surface area contributed by atoms with Crippen LogP contribution in [0.2, 0.25) is 0 Å². The number of H-pyrrole nitrogens is 1. The maximum Gasteiger partial charge on any atom is 0.175 e. The molecule has 1 aromatic rings. The van der Waals surface area contributed by atoms with Crippen LogP contribution in [0.5, 0.6) is 0 Å². The van der Waals surface area contributed by atoms with Gasteiger partial charge in [0.25, 0.3) is 0 Å². The molecular weight excluding hydrogens is 190 g/mol. The second-order valence-corrected chi connectivity index (χ2v) is 5.07. The van der Waals surface area contributed by atoms with Gasteiger partial charge in [-0.05, 0) is 17.9 Å². The summed E-state index contributed by atoms with van der Waals surface area (Å²) < 4.78 is 0. The van der Waals surface area contributed by atoms with Crippen LogP contribution in [0.25, 0.3) is 0 Å². The third-order valence-corrected chi connectivity index (χ3v) is 2.87. The summed E-state index contributed by atoms with van der Waals surface area (Å²) in [5.74, 6) is 0.125. The van der Waals surface area contributed by atoms with Gasteiger partial charge in [-0.1, -0.05) is 13.8 Å². The van der Waals surface area contributed by atoms with Crippen molar-refractivity contribution < 1.29 is 9.59 Å². The van der Waals surface area contributed by atoms with Crippen LogP contribution in [0, 0.1) is 5.41 Å². The number of hydrogen-bond acceptors (Lipinski definition) is 2. The molecule has 0 aliphatic heterocycles. The summed E-state index contributed by atoms with van der Waals surface area (Å²) in [6.07, 6.45) is 1.40. The molecule has 0 amide bonds. The number of fused-ring (bicyclic) bond motifs is 1. The van der Waals surface area contributed by atoms with Crippen LogP contribution in [-0.2, 0) is 6.42 Å². The molecule has 0 saturated heterocycles. The Kier molecular flexibility index (Phi) is 2.07. The van der Waals surface area contributed by atoms with Gasteiger partial charge in [0.2, 0.25) is 0 Å². The van der Waals surface area contributed by atoms with E-state index in [1.807, 2.05) is 0 Å². The van der Waals surface area contributed by atoms with Gasteiger partial charge in [0.1, 0.15) is 0 Å². The molecule has 0 unspecified atom stereocenters. The van der Waals surface area contributed by atoms with E-state index in [9.17, 15) is 9.59 Å². The van der Waals surface area contributed by atoms with E-state index in [0.29, 0.717) is 17.7 Å². The van der Waals surface area contributed by atoms with E-state index < -0.39 is 0 Å². The fraction of sp³-hybridized carbons (Fsp3) is 0.500. The van der Waals surface area contributed by atoms with Crippen LogP contribution in [0.1, 0.15) is 53.7 Å². The van der Waals surface area contributed by atoms with Crippen molar-refractivity contribution in [2.24, 2.45) is 5.41 Å². The first-order valence-corrected chi connectivity index (χ1v) is 5.15. The average Bonchev–Trinajstić information content (AvgIpc) is 2.45. The minimum atomic E-state index is -0.0185.